The molecule has 0 aromatic rings. The summed E-state index contributed by atoms with van der Waals surface area (Å²) >= 11 is 0. The summed E-state index contributed by atoms with van der Waals surface area (Å²) in [5.74, 6) is -0.486. The van der Waals surface area contributed by atoms with E-state index in [2.05, 4.69) is 0 Å². The predicted molar refractivity (Wildman–Crippen MR) is 46.6 cm³/mol. The molecule has 0 aromatic carbocycles. The van der Waals surface area contributed by atoms with Crippen LogP contribution in [0.2, 0.25) is 0 Å². The molecule has 12 heavy (non-hydrogen) atoms. The first kappa shape index (κ1) is 9.99. The van der Waals surface area contributed by atoms with Crippen LogP contribution >= 0.6 is 10.7 Å². The van der Waals surface area contributed by atoms with E-state index in [-0.39, 0.29) is 17.5 Å². The third-order valence-corrected chi connectivity index (χ3v) is 3.26. The topological polar surface area (TPSA) is 51.2 Å². The van der Waals surface area contributed by atoms with Crippen LogP contribution in [0.15, 0.2) is 0 Å². The summed E-state index contributed by atoms with van der Waals surface area (Å²) in [5.41, 5.74) is 0. The molecule has 1 saturated carbocycles. The Morgan fingerprint density at radius 3 is 2.58 bits per heavy atom. The van der Waals surface area contributed by atoms with E-state index in [1.807, 2.05) is 0 Å². The Morgan fingerprint density at radius 2 is 2.08 bits per heavy atom. The fourth-order valence-electron chi connectivity index (χ4n) is 1.47. The minimum absolute atomic E-state index is 0.0467. The first-order valence-corrected chi connectivity index (χ1v) is 6.42. The van der Waals surface area contributed by atoms with Gasteiger partial charge in [-0.05, 0) is 12.8 Å². The van der Waals surface area contributed by atoms with Crippen molar-refractivity contribution >= 4 is 25.5 Å². The lowest BCUT2D eigenvalue weighted by Crippen LogP contribution is -2.24. The van der Waals surface area contributed by atoms with E-state index in [0.29, 0.717) is 12.8 Å². The Balaban J connectivity index is 2.56. The molecule has 0 radical (unpaired) electrons. The molecule has 0 aliphatic heterocycles. The Hall–Kier alpha value is -0.0900. The highest BCUT2D eigenvalue weighted by molar-refractivity contribution is 8.13. The van der Waals surface area contributed by atoms with E-state index in [0.717, 1.165) is 12.8 Å². The smallest absolute Gasteiger partial charge is 0.233 e. The van der Waals surface area contributed by atoms with Gasteiger partial charge in [-0.2, -0.15) is 0 Å². The third kappa shape index (κ3) is 3.11. The summed E-state index contributed by atoms with van der Waals surface area (Å²) in [6.45, 7) is 0. The quantitative estimate of drug-likeness (QED) is 0.646. The van der Waals surface area contributed by atoms with E-state index < -0.39 is 9.05 Å². The molecule has 0 aromatic heterocycles. The number of Topliss-reactive ketones (excluding diaryl/α,β-unsaturated/α-hetero) is 1. The van der Waals surface area contributed by atoms with E-state index in [1.54, 1.807) is 0 Å². The molecule has 1 unspecified atom stereocenters. The Labute approximate surface area is 76.5 Å². The number of hydrogen-bond donors (Lipinski definition) is 0. The fourth-order valence-corrected chi connectivity index (χ4v) is 2.76. The van der Waals surface area contributed by atoms with E-state index in [4.69, 9.17) is 10.7 Å². The van der Waals surface area contributed by atoms with Gasteiger partial charge >= 0.3 is 0 Å². The molecule has 3 nitrogen and oxygen atoms in total. The van der Waals surface area contributed by atoms with Crippen LogP contribution in [-0.2, 0) is 13.8 Å². The van der Waals surface area contributed by atoms with Gasteiger partial charge < -0.3 is 0 Å². The molecule has 0 heterocycles. The molecule has 1 fully saturated rings. The molecule has 5 heteroatoms. The van der Waals surface area contributed by atoms with Gasteiger partial charge in [0, 0.05) is 23.0 Å². The molecule has 0 spiro atoms. The van der Waals surface area contributed by atoms with Crippen molar-refractivity contribution in [3.05, 3.63) is 0 Å². The first-order valence-electron chi connectivity index (χ1n) is 3.94. The van der Waals surface area contributed by atoms with E-state index in [1.165, 1.54) is 0 Å². The van der Waals surface area contributed by atoms with Crippen molar-refractivity contribution in [1.82, 2.24) is 0 Å². The highest BCUT2D eigenvalue weighted by Gasteiger charge is 2.26. The zero-order valence-electron chi connectivity index (χ0n) is 6.62. The number of halogens is 1. The Morgan fingerprint density at radius 1 is 1.42 bits per heavy atom. The number of rotatable bonds is 2. The second kappa shape index (κ2) is 3.75. The lowest BCUT2D eigenvalue weighted by Gasteiger charge is -2.18. The summed E-state index contributed by atoms with van der Waals surface area (Å²) in [7, 11) is 1.55. The summed E-state index contributed by atoms with van der Waals surface area (Å²) < 4.78 is 21.3. The number of carbonyl (C=O) groups is 1. The van der Waals surface area contributed by atoms with Crippen LogP contribution in [0, 0.1) is 5.92 Å². The monoisotopic (exact) mass is 210 g/mol. The van der Waals surface area contributed by atoms with Crippen molar-refractivity contribution in [2.75, 3.05) is 5.75 Å². The van der Waals surface area contributed by atoms with Crippen molar-refractivity contribution < 1.29 is 13.2 Å². The normalized spacial score (nSPS) is 25.8. The average molecular weight is 211 g/mol. The Bertz CT molecular complexity index is 270. The van der Waals surface area contributed by atoms with Crippen molar-refractivity contribution in [3.8, 4) is 0 Å². The van der Waals surface area contributed by atoms with Gasteiger partial charge in [-0.3, -0.25) is 4.79 Å². The van der Waals surface area contributed by atoms with Crippen molar-refractivity contribution in [3.63, 3.8) is 0 Å². The van der Waals surface area contributed by atoms with Crippen LogP contribution in [0.1, 0.15) is 25.7 Å². The highest BCUT2D eigenvalue weighted by atomic mass is 35.7. The maximum absolute atomic E-state index is 11.1. The minimum Gasteiger partial charge on any atom is -0.299 e. The van der Waals surface area contributed by atoms with Gasteiger partial charge in [-0.15, -0.1) is 0 Å². The van der Waals surface area contributed by atoms with Crippen LogP contribution in [0.3, 0.4) is 0 Å². The van der Waals surface area contributed by atoms with E-state index in [9.17, 15) is 13.2 Å². The van der Waals surface area contributed by atoms with Crippen molar-refractivity contribution in [2.24, 2.45) is 5.92 Å². The van der Waals surface area contributed by atoms with Crippen LogP contribution < -0.4 is 0 Å². The highest BCUT2D eigenvalue weighted by Crippen LogP contribution is 2.22. The molecular weight excluding hydrogens is 200 g/mol. The van der Waals surface area contributed by atoms with Gasteiger partial charge in [-0.1, -0.05) is 6.42 Å². The van der Waals surface area contributed by atoms with Gasteiger partial charge in [0.25, 0.3) is 0 Å². The second-order valence-electron chi connectivity index (χ2n) is 3.11. The molecule has 1 atom stereocenters. The van der Waals surface area contributed by atoms with Gasteiger partial charge in [-0.25, -0.2) is 8.42 Å². The van der Waals surface area contributed by atoms with Gasteiger partial charge in [0.1, 0.15) is 5.78 Å². The average Bonchev–Trinajstić information content (AvgIpc) is 1.91. The summed E-state index contributed by atoms with van der Waals surface area (Å²) in [4.78, 5) is 11.1. The SMILES string of the molecule is O=C1CCCCC1CS(=O)(=O)Cl. The zero-order chi connectivity index (χ0) is 9.19. The molecule has 0 bridgehead atoms. The molecule has 1 aliphatic rings. The third-order valence-electron chi connectivity index (χ3n) is 2.08. The fraction of sp³-hybridized carbons (Fsp3) is 0.857. The minimum atomic E-state index is -3.51. The predicted octanol–water partition coefficient (Wildman–Crippen LogP) is 1.31. The zero-order valence-corrected chi connectivity index (χ0v) is 8.20. The summed E-state index contributed by atoms with van der Waals surface area (Å²) in [6, 6.07) is 0. The van der Waals surface area contributed by atoms with Gasteiger partial charge in [0.2, 0.25) is 9.05 Å². The van der Waals surface area contributed by atoms with Crippen LogP contribution in [0.25, 0.3) is 0 Å². The summed E-state index contributed by atoms with van der Waals surface area (Å²) in [5, 5.41) is 0. The number of hydrogen-bond acceptors (Lipinski definition) is 3. The van der Waals surface area contributed by atoms with Crippen molar-refractivity contribution in [1.29, 1.82) is 0 Å². The molecule has 0 amide bonds. The lowest BCUT2D eigenvalue weighted by atomic mass is 9.89. The van der Waals surface area contributed by atoms with Crippen LogP contribution in [0.4, 0.5) is 0 Å². The maximum Gasteiger partial charge on any atom is 0.233 e. The summed E-state index contributed by atoms with van der Waals surface area (Å²) in [6.07, 6.45) is 3.00. The van der Waals surface area contributed by atoms with Gasteiger partial charge in [0.05, 0.1) is 5.75 Å². The second-order valence-corrected chi connectivity index (χ2v) is 5.94. The van der Waals surface area contributed by atoms with Gasteiger partial charge in [0.15, 0.2) is 0 Å². The van der Waals surface area contributed by atoms with Crippen LogP contribution in [0.5, 0.6) is 0 Å². The maximum atomic E-state index is 11.1. The largest absolute Gasteiger partial charge is 0.299 e. The molecule has 0 N–H and O–H groups in total. The molecule has 1 aliphatic carbocycles. The first-order chi connectivity index (χ1) is 5.49. The molecule has 0 saturated heterocycles. The van der Waals surface area contributed by atoms with E-state index >= 15 is 0 Å². The molecular formula is C7H11ClO3S. The molecule has 70 valence electrons. The standard InChI is InChI=1S/C7H11ClO3S/c8-12(10,11)5-6-3-1-2-4-7(6)9/h6H,1-5H2. The van der Waals surface area contributed by atoms with Crippen LogP contribution in [-0.4, -0.2) is 20.0 Å². The number of ketones is 1. The number of carbonyl (C=O) groups excluding carboxylic acids is 1. The Kier molecular flexibility index (Phi) is 3.12. The lowest BCUT2D eigenvalue weighted by molar-refractivity contribution is -0.123. The molecule has 1 rings (SSSR count). The van der Waals surface area contributed by atoms with Crippen molar-refractivity contribution in [2.45, 2.75) is 25.7 Å².